The van der Waals surface area contributed by atoms with E-state index < -0.39 is 0 Å². The molecule has 2 aromatic rings. The molecule has 104 valence electrons. The first kappa shape index (κ1) is 14.3. The molecule has 0 saturated carbocycles. The molecule has 3 heteroatoms. The number of carbonyl (C=O) groups excluding carboxylic acids is 1. The first-order valence-corrected chi connectivity index (χ1v) is 6.66. The van der Waals surface area contributed by atoms with Crippen LogP contribution in [0.15, 0.2) is 54.6 Å². The van der Waals surface area contributed by atoms with Gasteiger partial charge in [-0.05, 0) is 30.2 Å². The van der Waals surface area contributed by atoms with Crippen LogP contribution in [0, 0.1) is 0 Å². The van der Waals surface area contributed by atoms with Gasteiger partial charge in [-0.3, -0.25) is 4.79 Å². The lowest BCUT2D eigenvalue weighted by Crippen LogP contribution is -2.35. The molecule has 20 heavy (non-hydrogen) atoms. The Kier molecular flexibility index (Phi) is 4.91. The van der Waals surface area contributed by atoms with Crippen molar-refractivity contribution in [2.75, 3.05) is 13.7 Å². The van der Waals surface area contributed by atoms with Crippen LogP contribution in [0.1, 0.15) is 17.3 Å². The normalized spacial score (nSPS) is 11.9. The summed E-state index contributed by atoms with van der Waals surface area (Å²) in [7, 11) is 1.62. The first-order valence-electron chi connectivity index (χ1n) is 6.66. The second-order valence-corrected chi connectivity index (χ2v) is 4.78. The summed E-state index contributed by atoms with van der Waals surface area (Å²) >= 11 is 0. The maximum absolute atomic E-state index is 12.1. The van der Waals surface area contributed by atoms with Crippen molar-refractivity contribution in [2.45, 2.75) is 13.0 Å². The number of methoxy groups -OCH3 is 1. The highest BCUT2D eigenvalue weighted by molar-refractivity contribution is 5.95. The van der Waals surface area contributed by atoms with Crippen LogP contribution in [-0.2, 0) is 4.74 Å². The van der Waals surface area contributed by atoms with Gasteiger partial charge < -0.3 is 10.1 Å². The molecular formula is C17H19NO2. The zero-order valence-corrected chi connectivity index (χ0v) is 11.8. The smallest absolute Gasteiger partial charge is 0.251 e. The number of benzene rings is 2. The highest BCUT2D eigenvalue weighted by Gasteiger charge is 2.10. The second kappa shape index (κ2) is 6.87. The van der Waals surface area contributed by atoms with Gasteiger partial charge in [0.05, 0.1) is 6.61 Å². The van der Waals surface area contributed by atoms with E-state index in [4.69, 9.17) is 4.74 Å². The van der Waals surface area contributed by atoms with E-state index in [1.54, 1.807) is 7.11 Å². The molecular weight excluding hydrogens is 250 g/mol. The minimum Gasteiger partial charge on any atom is -0.383 e. The highest BCUT2D eigenvalue weighted by Crippen LogP contribution is 2.19. The monoisotopic (exact) mass is 269 g/mol. The topological polar surface area (TPSA) is 38.3 Å². The van der Waals surface area contributed by atoms with Gasteiger partial charge in [-0.1, -0.05) is 42.5 Å². The van der Waals surface area contributed by atoms with Crippen molar-refractivity contribution in [1.82, 2.24) is 5.32 Å². The van der Waals surface area contributed by atoms with Crippen molar-refractivity contribution < 1.29 is 9.53 Å². The van der Waals surface area contributed by atoms with Crippen LogP contribution in [0.2, 0.25) is 0 Å². The Hall–Kier alpha value is -2.13. The van der Waals surface area contributed by atoms with Gasteiger partial charge in [-0.2, -0.15) is 0 Å². The van der Waals surface area contributed by atoms with E-state index in [1.165, 1.54) is 0 Å². The number of hydrogen-bond acceptors (Lipinski definition) is 2. The summed E-state index contributed by atoms with van der Waals surface area (Å²) in [6.07, 6.45) is 0. The zero-order chi connectivity index (χ0) is 14.4. The molecule has 0 heterocycles. The van der Waals surface area contributed by atoms with Crippen molar-refractivity contribution in [3.63, 3.8) is 0 Å². The van der Waals surface area contributed by atoms with Gasteiger partial charge >= 0.3 is 0 Å². The highest BCUT2D eigenvalue weighted by atomic mass is 16.5. The predicted molar refractivity (Wildman–Crippen MR) is 80.7 cm³/mol. The predicted octanol–water partition coefficient (Wildman–Crippen LogP) is 3.12. The lowest BCUT2D eigenvalue weighted by atomic mass is 10.0. The average molecular weight is 269 g/mol. The Morgan fingerprint density at radius 2 is 1.80 bits per heavy atom. The molecule has 0 aliphatic heterocycles. The molecule has 1 atom stereocenters. The maximum atomic E-state index is 12.1. The van der Waals surface area contributed by atoms with E-state index in [0.717, 1.165) is 11.1 Å². The van der Waals surface area contributed by atoms with Gasteiger partial charge in [0, 0.05) is 18.7 Å². The van der Waals surface area contributed by atoms with Crippen LogP contribution in [0.3, 0.4) is 0 Å². The number of rotatable bonds is 5. The molecule has 0 aliphatic carbocycles. The minimum atomic E-state index is -0.0765. The Labute approximate surface area is 119 Å². The van der Waals surface area contributed by atoms with Crippen molar-refractivity contribution in [2.24, 2.45) is 0 Å². The van der Waals surface area contributed by atoms with Gasteiger partial charge in [-0.25, -0.2) is 0 Å². The fraction of sp³-hybridized carbons (Fsp3) is 0.235. The molecule has 3 nitrogen and oxygen atoms in total. The fourth-order valence-corrected chi connectivity index (χ4v) is 2.07. The van der Waals surface area contributed by atoms with Crippen molar-refractivity contribution in [1.29, 1.82) is 0 Å². The van der Waals surface area contributed by atoms with Crippen LogP contribution in [0.4, 0.5) is 0 Å². The molecule has 1 amide bonds. The number of amides is 1. The maximum Gasteiger partial charge on any atom is 0.251 e. The minimum absolute atomic E-state index is 0.00659. The molecule has 0 aromatic heterocycles. The molecule has 1 unspecified atom stereocenters. The van der Waals surface area contributed by atoms with Crippen LogP contribution >= 0.6 is 0 Å². The van der Waals surface area contributed by atoms with Crippen molar-refractivity contribution >= 4 is 5.91 Å². The third-order valence-corrected chi connectivity index (χ3v) is 3.03. The van der Waals surface area contributed by atoms with Crippen LogP contribution in [0.5, 0.6) is 0 Å². The van der Waals surface area contributed by atoms with Crippen LogP contribution in [-0.4, -0.2) is 25.7 Å². The molecule has 0 saturated heterocycles. The van der Waals surface area contributed by atoms with E-state index in [9.17, 15) is 4.79 Å². The van der Waals surface area contributed by atoms with Gasteiger partial charge in [0.25, 0.3) is 5.91 Å². The van der Waals surface area contributed by atoms with Gasteiger partial charge in [0.1, 0.15) is 0 Å². The Balaban J connectivity index is 2.16. The Morgan fingerprint density at radius 1 is 1.10 bits per heavy atom. The summed E-state index contributed by atoms with van der Waals surface area (Å²) in [6.45, 7) is 2.42. The van der Waals surface area contributed by atoms with E-state index in [2.05, 4.69) is 5.32 Å². The summed E-state index contributed by atoms with van der Waals surface area (Å²) in [4.78, 5) is 12.1. The number of carbonyl (C=O) groups is 1. The average Bonchev–Trinajstić information content (AvgIpc) is 2.48. The largest absolute Gasteiger partial charge is 0.383 e. The van der Waals surface area contributed by atoms with Gasteiger partial charge in [0.2, 0.25) is 0 Å². The number of nitrogens with one attached hydrogen (secondary N) is 1. The van der Waals surface area contributed by atoms with E-state index in [1.807, 2.05) is 61.5 Å². The molecule has 2 aromatic carbocycles. The van der Waals surface area contributed by atoms with Gasteiger partial charge in [0.15, 0.2) is 0 Å². The van der Waals surface area contributed by atoms with E-state index in [0.29, 0.717) is 12.2 Å². The lowest BCUT2D eigenvalue weighted by molar-refractivity contribution is 0.0905. The number of ether oxygens (including phenoxy) is 1. The zero-order valence-electron chi connectivity index (χ0n) is 11.8. The summed E-state index contributed by atoms with van der Waals surface area (Å²) in [5.41, 5.74) is 2.80. The molecule has 0 aliphatic rings. The molecule has 1 N–H and O–H groups in total. The molecule has 0 fully saturated rings. The van der Waals surface area contributed by atoms with Crippen molar-refractivity contribution in [3.8, 4) is 11.1 Å². The summed E-state index contributed by atoms with van der Waals surface area (Å²) in [5, 5.41) is 2.91. The third kappa shape index (κ3) is 3.68. The SMILES string of the molecule is COCC(C)NC(=O)c1cccc(-c2ccccc2)c1. The summed E-state index contributed by atoms with van der Waals surface area (Å²) in [6, 6.07) is 17.6. The Bertz CT molecular complexity index is 566. The van der Waals surface area contributed by atoms with Crippen LogP contribution in [0.25, 0.3) is 11.1 Å². The van der Waals surface area contributed by atoms with E-state index >= 15 is 0 Å². The molecule has 0 radical (unpaired) electrons. The summed E-state index contributed by atoms with van der Waals surface area (Å²) < 4.78 is 5.02. The third-order valence-electron chi connectivity index (χ3n) is 3.03. The lowest BCUT2D eigenvalue weighted by Gasteiger charge is -2.13. The fourth-order valence-electron chi connectivity index (χ4n) is 2.07. The van der Waals surface area contributed by atoms with Gasteiger partial charge in [-0.15, -0.1) is 0 Å². The summed E-state index contributed by atoms with van der Waals surface area (Å²) in [5.74, 6) is -0.0765. The van der Waals surface area contributed by atoms with Crippen LogP contribution < -0.4 is 5.32 Å². The quantitative estimate of drug-likeness (QED) is 0.905. The number of hydrogen-bond donors (Lipinski definition) is 1. The molecule has 0 spiro atoms. The molecule has 0 bridgehead atoms. The second-order valence-electron chi connectivity index (χ2n) is 4.78. The van der Waals surface area contributed by atoms with E-state index in [-0.39, 0.29) is 11.9 Å². The van der Waals surface area contributed by atoms with Crippen molar-refractivity contribution in [3.05, 3.63) is 60.2 Å². The molecule has 2 rings (SSSR count). The Morgan fingerprint density at radius 3 is 2.50 bits per heavy atom. The first-order chi connectivity index (χ1) is 9.70. The standard InChI is InChI=1S/C17H19NO2/c1-13(12-20-2)18-17(19)16-10-6-9-15(11-16)14-7-4-3-5-8-14/h3-11,13H,12H2,1-2H3,(H,18,19).